The fourth-order valence-corrected chi connectivity index (χ4v) is 4.95. The number of rotatable bonds is 5. The minimum absolute atomic E-state index is 0.0227. The number of hydrogen-bond acceptors (Lipinski definition) is 7. The van der Waals surface area contributed by atoms with Crippen LogP contribution in [0.2, 0.25) is 5.02 Å². The summed E-state index contributed by atoms with van der Waals surface area (Å²) in [7, 11) is 0. The number of benzene rings is 2. The molecule has 1 aromatic heterocycles. The van der Waals surface area contributed by atoms with Gasteiger partial charge in [-0.25, -0.2) is 4.68 Å². The predicted octanol–water partition coefficient (Wildman–Crippen LogP) is 5.15. The number of nitro benzene ring substituents is 1. The van der Waals surface area contributed by atoms with Crippen LogP contribution in [0.3, 0.4) is 0 Å². The van der Waals surface area contributed by atoms with Gasteiger partial charge in [-0.2, -0.15) is 4.98 Å². The standard InChI is InChI=1S/C22H18ClN5O3S/c23-15-9-7-13(8-10-15)12-32-22-25-21-24-17-5-2-6-18(29)19(17)20(27(21)26-22)14-3-1-4-16(11-14)28(30)31/h1,3-4,7-11,20H,2,5-6,12H2,(H,24,25,26)/t20-/m0/s1. The Balaban J connectivity index is 1.52. The molecule has 32 heavy (non-hydrogen) atoms. The van der Waals surface area contributed by atoms with Gasteiger partial charge in [-0.1, -0.05) is 47.6 Å². The van der Waals surface area contributed by atoms with Gasteiger partial charge in [-0.3, -0.25) is 14.9 Å². The van der Waals surface area contributed by atoms with Gasteiger partial charge in [-0.15, -0.1) is 5.10 Å². The first-order valence-corrected chi connectivity index (χ1v) is 11.5. The number of thioether (sulfide) groups is 1. The van der Waals surface area contributed by atoms with E-state index in [2.05, 4.69) is 15.4 Å². The first kappa shape index (κ1) is 20.7. The number of nitrogens with zero attached hydrogens (tertiary/aromatic N) is 4. The lowest BCUT2D eigenvalue weighted by molar-refractivity contribution is -0.384. The lowest BCUT2D eigenvalue weighted by Gasteiger charge is -2.32. The highest BCUT2D eigenvalue weighted by atomic mass is 35.5. The van der Waals surface area contributed by atoms with Crippen molar-refractivity contribution in [1.82, 2.24) is 14.8 Å². The van der Waals surface area contributed by atoms with Gasteiger partial charge < -0.3 is 5.32 Å². The van der Waals surface area contributed by atoms with Crippen LogP contribution in [-0.2, 0) is 10.5 Å². The van der Waals surface area contributed by atoms with Crippen LogP contribution in [0.4, 0.5) is 11.6 Å². The Morgan fingerprint density at radius 3 is 2.81 bits per heavy atom. The smallest absolute Gasteiger partial charge is 0.269 e. The van der Waals surface area contributed by atoms with Crippen LogP contribution in [0, 0.1) is 10.1 Å². The highest BCUT2D eigenvalue weighted by Gasteiger charge is 2.37. The minimum atomic E-state index is -0.550. The second-order valence-electron chi connectivity index (χ2n) is 7.63. The summed E-state index contributed by atoms with van der Waals surface area (Å²) < 4.78 is 1.67. The predicted molar refractivity (Wildman–Crippen MR) is 122 cm³/mol. The fourth-order valence-electron chi connectivity index (χ4n) is 4.04. The second kappa shape index (κ2) is 8.40. The molecule has 3 aromatic rings. The van der Waals surface area contributed by atoms with Gasteiger partial charge in [0.25, 0.3) is 5.69 Å². The van der Waals surface area contributed by atoms with Crippen LogP contribution in [0.25, 0.3) is 0 Å². The molecular weight excluding hydrogens is 450 g/mol. The largest absolute Gasteiger partial charge is 0.328 e. The molecule has 0 spiro atoms. The first-order chi connectivity index (χ1) is 15.5. The molecule has 0 saturated heterocycles. The highest BCUT2D eigenvalue weighted by Crippen LogP contribution is 2.41. The SMILES string of the molecule is O=C1CCCC2=C1[C@H](c1cccc([N+](=O)[O-])c1)n1nc(SCc3ccc(Cl)cc3)nc1N2. The van der Waals surface area contributed by atoms with Crippen LogP contribution in [0.5, 0.6) is 0 Å². The molecule has 1 N–H and O–H groups in total. The molecule has 10 heteroatoms. The number of carbonyl (C=O) groups excluding carboxylic acids is 1. The molecule has 2 heterocycles. The quantitative estimate of drug-likeness (QED) is 0.314. The zero-order valence-corrected chi connectivity index (χ0v) is 18.4. The normalized spacial score (nSPS) is 17.5. The first-order valence-electron chi connectivity index (χ1n) is 10.1. The zero-order valence-electron chi connectivity index (χ0n) is 16.8. The van der Waals surface area contributed by atoms with Gasteiger partial charge in [0.15, 0.2) is 5.78 Å². The van der Waals surface area contributed by atoms with E-state index in [9.17, 15) is 14.9 Å². The van der Waals surface area contributed by atoms with Crippen LogP contribution < -0.4 is 5.32 Å². The molecule has 8 nitrogen and oxygen atoms in total. The molecule has 0 unspecified atom stereocenters. The van der Waals surface area contributed by atoms with Gasteiger partial charge in [0.1, 0.15) is 6.04 Å². The topological polar surface area (TPSA) is 103 Å². The lowest BCUT2D eigenvalue weighted by atomic mass is 9.85. The van der Waals surface area contributed by atoms with E-state index in [1.807, 2.05) is 24.3 Å². The summed E-state index contributed by atoms with van der Waals surface area (Å²) in [6.45, 7) is 0. The Morgan fingerprint density at radius 1 is 1.22 bits per heavy atom. The number of allylic oxidation sites excluding steroid dienone is 2. The Morgan fingerprint density at radius 2 is 2.03 bits per heavy atom. The van der Waals surface area contributed by atoms with Gasteiger partial charge in [0.2, 0.25) is 11.1 Å². The van der Waals surface area contributed by atoms with Gasteiger partial charge in [0.05, 0.1) is 4.92 Å². The van der Waals surface area contributed by atoms with Gasteiger partial charge in [-0.05, 0) is 36.1 Å². The molecule has 2 aliphatic rings. The van der Waals surface area contributed by atoms with Crippen molar-refractivity contribution < 1.29 is 9.72 Å². The van der Waals surface area contributed by atoms with Crippen molar-refractivity contribution in [2.75, 3.05) is 5.32 Å². The number of carbonyl (C=O) groups is 1. The summed E-state index contributed by atoms with van der Waals surface area (Å²) in [6, 6.07) is 13.4. The summed E-state index contributed by atoms with van der Waals surface area (Å²) in [5.74, 6) is 1.23. The Labute approximate surface area is 192 Å². The number of anilines is 1. The summed E-state index contributed by atoms with van der Waals surface area (Å²) >= 11 is 7.43. The number of fused-ring (bicyclic) bond motifs is 1. The van der Waals surface area contributed by atoms with E-state index < -0.39 is 11.0 Å². The molecule has 5 rings (SSSR count). The molecular formula is C22H18ClN5O3S. The van der Waals surface area contributed by atoms with Crippen LogP contribution in [0.1, 0.15) is 36.4 Å². The second-order valence-corrected chi connectivity index (χ2v) is 9.01. The van der Waals surface area contributed by atoms with Crippen molar-refractivity contribution >= 4 is 40.8 Å². The van der Waals surface area contributed by atoms with Gasteiger partial charge in [0, 0.05) is 40.6 Å². The number of nitrogens with one attached hydrogen (secondary N) is 1. The highest BCUT2D eigenvalue weighted by molar-refractivity contribution is 7.98. The molecule has 1 aliphatic carbocycles. The maximum Gasteiger partial charge on any atom is 0.269 e. The number of nitro groups is 1. The number of aromatic nitrogens is 3. The number of hydrogen-bond donors (Lipinski definition) is 1. The molecule has 2 aromatic carbocycles. The average Bonchev–Trinajstić information content (AvgIpc) is 3.20. The third kappa shape index (κ3) is 3.89. The van der Waals surface area contributed by atoms with Crippen molar-refractivity contribution in [3.63, 3.8) is 0 Å². The van der Waals surface area contributed by atoms with E-state index in [1.165, 1.54) is 23.9 Å². The van der Waals surface area contributed by atoms with Crippen LogP contribution in [0.15, 0.2) is 65.0 Å². The van der Waals surface area contributed by atoms with E-state index >= 15 is 0 Å². The van der Waals surface area contributed by atoms with E-state index in [0.29, 0.717) is 39.4 Å². The van der Waals surface area contributed by atoms with Crippen molar-refractivity contribution in [3.05, 3.63) is 86.1 Å². The van der Waals surface area contributed by atoms with E-state index in [-0.39, 0.29) is 11.5 Å². The molecule has 1 atom stereocenters. The maximum absolute atomic E-state index is 12.9. The Kier molecular flexibility index (Phi) is 5.44. The van der Waals surface area contributed by atoms with E-state index in [0.717, 1.165) is 24.1 Å². The van der Waals surface area contributed by atoms with Crippen molar-refractivity contribution in [2.24, 2.45) is 0 Å². The lowest BCUT2D eigenvalue weighted by Crippen LogP contribution is -2.31. The Bertz CT molecular complexity index is 1250. The maximum atomic E-state index is 12.9. The fraction of sp³-hybridized carbons (Fsp3) is 0.227. The summed E-state index contributed by atoms with van der Waals surface area (Å²) in [5.41, 5.74) is 3.15. The number of ketones is 1. The Hall–Kier alpha value is -3.17. The third-order valence-corrected chi connectivity index (χ3v) is 6.69. The summed E-state index contributed by atoms with van der Waals surface area (Å²) in [6.07, 6.45) is 1.94. The van der Waals surface area contributed by atoms with E-state index in [1.54, 1.807) is 16.8 Å². The summed E-state index contributed by atoms with van der Waals surface area (Å²) in [4.78, 5) is 28.4. The molecule has 0 radical (unpaired) electrons. The molecule has 0 amide bonds. The molecule has 162 valence electrons. The monoisotopic (exact) mass is 467 g/mol. The number of halogens is 1. The van der Waals surface area contributed by atoms with Gasteiger partial charge >= 0.3 is 0 Å². The number of Topliss-reactive ketones (excluding diaryl/α,β-unsaturated/α-hetero) is 1. The average molecular weight is 468 g/mol. The molecule has 0 bridgehead atoms. The third-order valence-electron chi connectivity index (χ3n) is 5.53. The minimum Gasteiger partial charge on any atom is -0.328 e. The molecule has 0 fully saturated rings. The number of non-ortho nitro benzene ring substituents is 1. The van der Waals surface area contributed by atoms with Crippen LogP contribution in [-0.4, -0.2) is 25.5 Å². The van der Waals surface area contributed by atoms with Crippen LogP contribution >= 0.6 is 23.4 Å². The molecule has 1 aliphatic heterocycles. The zero-order chi connectivity index (χ0) is 22.2. The van der Waals surface area contributed by atoms with E-state index in [4.69, 9.17) is 11.6 Å². The van der Waals surface area contributed by atoms with Crippen molar-refractivity contribution in [3.8, 4) is 0 Å². The summed E-state index contributed by atoms with van der Waals surface area (Å²) in [5, 5.41) is 20.5. The van der Waals surface area contributed by atoms with Crippen molar-refractivity contribution in [1.29, 1.82) is 0 Å². The van der Waals surface area contributed by atoms with Crippen molar-refractivity contribution in [2.45, 2.75) is 36.2 Å². The molecule has 0 saturated carbocycles.